The van der Waals surface area contributed by atoms with Gasteiger partial charge < -0.3 is 15.0 Å². The van der Waals surface area contributed by atoms with Crippen molar-refractivity contribution >= 4 is 17.9 Å². The predicted octanol–water partition coefficient (Wildman–Crippen LogP) is 4.15. The molecule has 3 rings (SSSR count). The third-order valence-corrected chi connectivity index (χ3v) is 5.05. The average molecular weight is 432 g/mol. The van der Waals surface area contributed by atoms with E-state index < -0.39 is 6.36 Å². The molecule has 1 heterocycles. The molecule has 2 amide bonds. The number of halogens is 3. The zero-order valence-electron chi connectivity index (χ0n) is 16.8. The van der Waals surface area contributed by atoms with E-state index in [-0.39, 0.29) is 35.6 Å². The largest absolute Gasteiger partial charge is 0.573 e. The molecule has 5 nitrogen and oxygen atoms in total. The van der Waals surface area contributed by atoms with Crippen LogP contribution < -0.4 is 10.1 Å². The Morgan fingerprint density at radius 1 is 1.03 bits per heavy atom. The van der Waals surface area contributed by atoms with Gasteiger partial charge in [-0.25, -0.2) is 0 Å². The summed E-state index contributed by atoms with van der Waals surface area (Å²) in [6.07, 6.45) is -0.530. The molecule has 0 spiro atoms. The van der Waals surface area contributed by atoms with Gasteiger partial charge in [-0.1, -0.05) is 48.5 Å². The number of nitrogens with one attached hydrogen (secondary N) is 1. The highest BCUT2D eigenvalue weighted by Gasteiger charge is 2.32. The molecular weight excluding hydrogens is 409 g/mol. The minimum absolute atomic E-state index is 0.0654. The summed E-state index contributed by atoms with van der Waals surface area (Å²) in [6.45, 7) is 0.831. The minimum Gasteiger partial charge on any atom is -0.405 e. The Morgan fingerprint density at radius 2 is 1.68 bits per heavy atom. The summed E-state index contributed by atoms with van der Waals surface area (Å²) in [6, 6.07) is 15.2. The number of piperidine rings is 1. The normalized spacial score (nSPS) is 15.1. The van der Waals surface area contributed by atoms with Crippen LogP contribution in [0.2, 0.25) is 0 Å². The van der Waals surface area contributed by atoms with Gasteiger partial charge in [-0.3, -0.25) is 9.59 Å². The van der Waals surface area contributed by atoms with E-state index in [2.05, 4.69) is 10.1 Å². The first-order valence-corrected chi connectivity index (χ1v) is 9.95. The minimum atomic E-state index is -4.80. The average Bonchev–Trinajstić information content (AvgIpc) is 2.76. The second kappa shape index (κ2) is 10.1. The molecule has 164 valence electrons. The highest BCUT2D eigenvalue weighted by atomic mass is 19.4. The van der Waals surface area contributed by atoms with Crippen LogP contribution in [0.4, 0.5) is 13.2 Å². The fraction of sp³-hybridized carbons (Fsp3) is 0.304. The topological polar surface area (TPSA) is 58.6 Å². The molecule has 31 heavy (non-hydrogen) atoms. The number of rotatable bonds is 6. The maximum absolute atomic E-state index is 12.5. The lowest BCUT2D eigenvalue weighted by atomic mass is 9.95. The SMILES string of the molecule is O=C(NCc1ccccc1OC(F)(F)F)C1CCN(C(=O)/C=C/c2ccccc2)CC1. The quantitative estimate of drug-likeness (QED) is 0.698. The summed E-state index contributed by atoms with van der Waals surface area (Å²) in [5.41, 5.74) is 1.17. The summed E-state index contributed by atoms with van der Waals surface area (Å²) in [5.74, 6) is -0.978. The highest BCUT2D eigenvalue weighted by Crippen LogP contribution is 2.26. The van der Waals surface area contributed by atoms with Crippen molar-refractivity contribution in [2.45, 2.75) is 25.7 Å². The monoisotopic (exact) mass is 432 g/mol. The zero-order chi connectivity index (χ0) is 22.3. The Kier molecular flexibility index (Phi) is 7.33. The van der Waals surface area contributed by atoms with E-state index in [1.54, 1.807) is 17.0 Å². The third kappa shape index (κ3) is 6.87. The Balaban J connectivity index is 1.48. The fourth-order valence-corrected chi connectivity index (χ4v) is 3.40. The van der Waals surface area contributed by atoms with Gasteiger partial charge in [-0.15, -0.1) is 13.2 Å². The molecule has 2 aromatic rings. The molecule has 1 N–H and O–H groups in total. The number of likely N-dealkylation sites (tertiary alicyclic amines) is 1. The summed E-state index contributed by atoms with van der Waals surface area (Å²) >= 11 is 0. The van der Waals surface area contributed by atoms with Crippen LogP contribution in [0.1, 0.15) is 24.0 Å². The number of benzene rings is 2. The van der Waals surface area contributed by atoms with Crippen molar-refractivity contribution in [3.05, 3.63) is 71.8 Å². The summed E-state index contributed by atoms with van der Waals surface area (Å²) in [4.78, 5) is 26.5. The van der Waals surface area contributed by atoms with Crippen molar-refractivity contribution in [1.29, 1.82) is 0 Å². The van der Waals surface area contributed by atoms with Crippen LogP contribution in [0, 0.1) is 5.92 Å². The van der Waals surface area contributed by atoms with Crippen molar-refractivity contribution in [3.8, 4) is 5.75 Å². The molecule has 0 aliphatic carbocycles. The van der Waals surface area contributed by atoms with Gasteiger partial charge in [0.05, 0.1) is 0 Å². The number of hydrogen-bond donors (Lipinski definition) is 1. The zero-order valence-corrected chi connectivity index (χ0v) is 16.8. The first-order valence-electron chi connectivity index (χ1n) is 9.95. The number of para-hydroxylation sites is 1. The van der Waals surface area contributed by atoms with E-state index in [1.165, 1.54) is 24.3 Å². The summed E-state index contributed by atoms with van der Waals surface area (Å²) in [5, 5.41) is 2.68. The molecule has 1 aliphatic heterocycles. The lowest BCUT2D eigenvalue weighted by Gasteiger charge is -2.30. The number of carbonyl (C=O) groups excluding carboxylic acids is 2. The number of nitrogens with zero attached hydrogens (tertiary/aromatic N) is 1. The Hall–Kier alpha value is -3.29. The molecule has 1 fully saturated rings. The number of alkyl halides is 3. The molecule has 0 bridgehead atoms. The van der Waals surface area contributed by atoms with Gasteiger partial charge in [0.15, 0.2) is 0 Å². The maximum Gasteiger partial charge on any atom is 0.573 e. The Labute approximate surface area is 178 Å². The van der Waals surface area contributed by atoms with Crippen LogP contribution in [0.15, 0.2) is 60.7 Å². The van der Waals surface area contributed by atoms with E-state index in [1.807, 2.05) is 30.3 Å². The molecule has 0 radical (unpaired) electrons. The van der Waals surface area contributed by atoms with E-state index >= 15 is 0 Å². The molecule has 8 heteroatoms. The predicted molar refractivity (Wildman–Crippen MR) is 110 cm³/mol. The Bertz CT molecular complexity index is 921. The van der Waals surface area contributed by atoms with Crippen molar-refractivity contribution in [2.24, 2.45) is 5.92 Å². The van der Waals surface area contributed by atoms with Gasteiger partial charge in [0.1, 0.15) is 5.75 Å². The number of amides is 2. The molecular formula is C23H23F3N2O3. The first kappa shape index (κ1) is 22.4. The van der Waals surface area contributed by atoms with Crippen LogP contribution in [-0.4, -0.2) is 36.2 Å². The van der Waals surface area contributed by atoms with Crippen LogP contribution >= 0.6 is 0 Å². The van der Waals surface area contributed by atoms with Crippen molar-refractivity contribution in [2.75, 3.05) is 13.1 Å². The van der Waals surface area contributed by atoms with Gasteiger partial charge in [-0.05, 0) is 30.5 Å². The van der Waals surface area contributed by atoms with E-state index in [9.17, 15) is 22.8 Å². The first-order chi connectivity index (χ1) is 14.8. The number of ether oxygens (including phenoxy) is 1. The van der Waals surface area contributed by atoms with Gasteiger partial charge in [-0.2, -0.15) is 0 Å². The third-order valence-electron chi connectivity index (χ3n) is 5.05. The molecule has 0 atom stereocenters. The van der Waals surface area contributed by atoms with E-state index in [4.69, 9.17) is 0 Å². The maximum atomic E-state index is 12.5. The van der Waals surface area contributed by atoms with Gasteiger partial charge in [0.25, 0.3) is 0 Å². The second-order valence-corrected chi connectivity index (χ2v) is 7.22. The van der Waals surface area contributed by atoms with Crippen molar-refractivity contribution in [1.82, 2.24) is 10.2 Å². The van der Waals surface area contributed by atoms with E-state index in [0.717, 1.165) is 5.56 Å². The lowest BCUT2D eigenvalue weighted by molar-refractivity contribution is -0.274. The number of hydrogen-bond acceptors (Lipinski definition) is 3. The molecule has 0 aromatic heterocycles. The van der Waals surface area contributed by atoms with Gasteiger partial charge in [0.2, 0.25) is 11.8 Å². The summed E-state index contributed by atoms with van der Waals surface area (Å²) < 4.78 is 41.6. The van der Waals surface area contributed by atoms with E-state index in [0.29, 0.717) is 25.9 Å². The number of carbonyl (C=O) groups is 2. The molecule has 0 saturated carbocycles. The Morgan fingerprint density at radius 3 is 2.35 bits per heavy atom. The highest BCUT2D eigenvalue weighted by molar-refractivity contribution is 5.92. The molecule has 1 saturated heterocycles. The molecule has 0 unspecified atom stereocenters. The smallest absolute Gasteiger partial charge is 0.405 e. The van der Waals surface area contributed by atoms with Gasteiger partial charge >= 0.3 is 6.36 Å². The van der Waals surface area contributed by atoms with Crippen LogP contribution in [0.25, 0.3) is 6.08 Å². The fourth-order valence-electron chi connectivity index (χ4n) is 3.40. The lowest BCUT2D eigenvalue weighted by Crippen LogP contribution is -2.42. The van der Waals surface area contributed by atoms with Crippen LogP contribution in [-0.2, 0) is 16.1 Å². The molecule has 2 aromatic carbocycles. The van der Waals surface area contributed by atoms with Crippen LogP contribution in [0.3, 0.4) is 0 Å². The van der Waals surface area contributed by atoms with Gasteiger partial charge in [0, 0.05) is 37.2 Å². The molecule has 1 aliphatic rings. The summed E-state index contributed by atoms with van der Waals surface area (Å²) in [7, 11) is 0. The van der Waals surface area contributed by atoms with Crippen molar-refractivity contribution in [3.63, 3.8) is 0 Å². The second-order valence-electron chi connectivity index (χ2n) is 7.22. The standard InChI is InChI=1S/C23H23F3N2O3/c24-23(25,26)31-20-9-5-4-8-19(20)16-27-22(30)18-12-14-28(15-13-18)21(29)11-10-17-6-2-1-3-7-17/h1-11,18H,12-16H2,(H,27,30)/b11-10+. The van der Waals surface area contributed by atoms with Crippen LogP contribution in [0.5, 0.6) is 5.75 Å². The van der Waals surface area contributed by atoms with Crippen molar-refractivity contribution < 1.29 is 27.5 Å².